The van der Waals surface area contributed by atoms with Crippen molar-refractivity contribution in [1.29, 1.82) is 5.26 Å². The third-order valence-corrected chi connectivity index (χ3v) is 3.77. The highest BCUT2D eigenvalue weighted by molar-refractivity contribution is 5.81. The van der Waals surface area contributed by atoms with Crippen LogP contribution in [0.2, 0.25) is 0 Å². The van der Waals surface area contributed by atoms with E-state index in [1.807, 2.05) is 36.4 Å². The lowest BCUT2D eigenvalue weighted by Crippen LogP contribution is -2.30. The smallest absolute Gasteiger partial charge is 0.325 e. The first-order valence-electron chi connectivity index (χ1n) is 8.79. The third kappa shape index (κ3) is 7.00. The Kier molecular flexibility index (Phi) is 8.34. The van der Waals surface area contributed by atoms with E-state index in [1.165, 1.54) is 7.11 Å². The predicted molar refractivity (Wildman–Crippen MR) is 102 cm³/mol. The van der Waals surface area contributed by atoms with Crippen molar-refractivity contribution in [2.24, 2.45) is 0 Å². The maximum Gasteiger partial charge on any atom is 0.325 e. The number of benzene rings is 2. The fourth-order valence-electron chi connectivity index (χ4n) is 2.32. The summed E-state index contributed by atoms with van der Waals surface area (Å²) in [6.45, 7) is 0.305. The van der Waals surface area contributed by atoms with Crippen LogP contribution in [0.1, 0.15) is 24.0 Å². The highest BCUT2D eigenvalue weighted by atomic mass is 16.5. The molecular weight excluding hydrogens is 360 g/mol. The average Bonchev–Trinajstić information content (AvgIpc) is 2.74. The van der Waals surface area contributed by atoms with Gasteiger partial charge in [0.2, 0.25) is 5.91 Å². The maximum absolute atomic E-state index is 11.8. The van der Waals surface area contributed by atoms with Gasteiger partial charge in [0.15, 0.2) is 11.5 Å². The molecule has 2 aromatic rings. The number of hydrogen-bond donors (Lipinski definition) is 1. The van der Waals surface area contributed by atoms with Crippen molar-refractivity contribution in [2.75, 3.05) is 20.3 Å². The summed E-state index contributed by atoms with van der Waals surface area (Å²) in [5.74, 6) is 0.221. The van der Waals surface area contributed by atoms with E-state index in [-0.39, 0.29) is 25.5 Å². The van der Waals surface area contributed by atoms with Gasteiger partial charge in [0.05, 0.1) is 25.3 Å². The van der Waals surface area contributed by atoms with Gasteiger partial charge in [-0.2, -0.15) is 5.26 Å². The van der Waals surface area contributed by atoms with Crippen molar-refractivity contribution in [3.63, 3.8) is 0 Å². The fourth-order valence-corrected chi connectivity index (χ4v) is 2.32. The molecule has 0 radical (unpaired) electrons. The number of amides is 1. The summed E-state index contributed by atoms with van der Waals surface area (Å²) < 4.78 is 15.9. The number of ether oxygens (including phenoxy) is 3. The summed E-state index contributed by atoms with van der Waals surface area (Å²) in [5.41, 5.74) is 1.36. The van der Waals surface area contributed by atoms with Crippen molar-refractivity contribution < 1.29 is 23.8 Å². The number of carbonyl (C=O) groups excluding carboxylic acids is 2. The highest BCUT2D eigenvalue weighted by Crippen LogP contribution is 2.27. The molecule has 0 aliphatic rings. The fraction of sp³-hybridized carbons (Fsp3) is 0.286. The van der Waals surface area contributed by atoms with Crippen molar-refractivity contribution in [2.45, 2.75) is 19.4 Å². The van der Waals surface area contributed by atoms with Gasteiger partial charge in [-0.3, -0.25) is 9.59 Å². The normalized spacial score (nSPS) is 9.86. The zero-order valence-corrected chi connectivity index (χ0v) is 15.6. The largest absolute Gasteiger partial charge is 0.493 e. The Morgan fingerprint density at radius 3 is 2.61 bits per heavy atom. The van der Waals surface area contributed by atoms with E-state index in [0.29, 0.717) is 30.1 Å². The second-order valence-electron chi connectivity index (χ2n) is 5.85. The lowest BCUT2D eigenvalue weighted by Gasteiger charge is -2.11. The van der Waals surface area contributed by atoms with Crippen LogP contribution in [0.5, 0.6) is 11.5 Å². The first kappa shape index (κ1) is 20.8. The van der Waals surface area contributed by atoms with Gasteiger partial charge in [-0.1, -0.05) is 30.3 Å². The van der Waals surface area contributed by atoms with Gasteiger partial charge in [-0.05, 0) is 24.1 Å². The SMILES string of the molecule is COc1cc(C#N)ccc1OCCCC(=O)NCC(=O)OCc1ccccc1. The Bertz CT molecular complexity index is 830. The summed E-state index contributed by atoms with van der Waals surface area (Å²) >= 11 is 0. The highest BCUT2D eigenvalue weighted by Gasteiger charge is 2.09. The molecule has 0 aromatic heterocycles. The van der Waals surface area contributed by atoms with E-state index in [2.05, 4.69) is 5.32 Å². The van der Waals surface area contributed by atoms with Gasteiger partial charge in [-0.25, -0.2) is 0 Å². The Morgan fingerprint density at radius 1 is 1.11 bits per heavy atom. The van der Waals surface area contributed by atoms with Crippen LogP contribution in [0, 0.1) is 11.3 Å². The van der Waals surface area contributed by atoms with E-state index in [9.17, 15) is 9.59 Å². The monoisotopic (exact) mass is 382 g/mol. The van der Waals surface area contributed by atoms with Crippen LogP contribution in [-0.4, -0.2) is 32.1 Å². The van der Waals surface area contributed by atoms with E-state index in [1.54, 1.807) is 18.2 Å². The first-order chi connectivity index (χ1) is 13.6. The average molecular weight is 382 g/mol. The van der Waals surface area contributed by atoms with Crippen molar-refractivity contribution in [3.8, 4) is 17.6 Å². The number of carbonyl (C=O) groups is 2. The molecule has 0 saturated carbocycles. The second kappa shape index (κ2) is 11.2. The summed E-state index contributed by atoms with van der Waals surface area (Å²) in [5, 5.41) is 11.4. The predicted octanol–water partition coefficient (Wildman–Crippen LogP) is 2.59. The van der Waals surface area contributed by atoms with Crippen LogP contribution < -0.4 is 14.8 Å². The van der Waals surface area contributed by atoms with Crippen LogP contribution in [-0.2, 0) is 20.9 Å². The van der Waals surface area contributed by atoms with Gasteiger partial charge >= 0.3 is 5.97 Å². The Balaban J connectivity index is 1.62. The molecule has 7 heteroatoms. The summed E-state index contributed by atoms with van der Waals surface area (Å²) in [6, 6.07) is 16.2. The number of rotatable bonds is 10. The minimum absolute atomic E-state index is 0.171. The molecule has 0 unspecified atom stereocenters. The summed E-state index contributed by atoms with van der Waals surface area (Å²) in [4.78, 5) is 23.5. The molecule has 0 saturated heterocycles. The zero-order chi connectivity index (χ0) is 20.2. The number of methoxy groups -OCH3 is 1. The van der Waals surface area contributed by atoms with Crippen LogP contribution in [0.15, 0.2) is 48.5 Å². The Morgan fingerprint density at radius 2 is 1.89 bits per heavy atom. The maximum atomic E-state index is 11.8. The standard InChI is InChI=1S/C21H22N2O5/c1-26-19-12-17(13-22)9-10-18(19)27-11-5-8-20(24)23-14-21(25)28-15-16-6-3-2-4-7-16/h2-4,6-7,9-10,12H,5,8,11,14-15H2,1H3,(H,23,24). The molecule has 0 heterocycles. The number of nitrogens with one attached hydrogen (secondary N) is 1. The van der Waals surface area contributed by atoms with Gasteiger partial charge in [-0.15, -0.1) is 0 Å². The van der Waals surface area contributed by atoms with E-state index in [4.69, 9.17) is 19.5 Å². The molecule has 0 atom stereocenters. The molecule has 0 aliphatic carbocycles. The summed E-state index contributed by atoms with van der Waals surface area (Å²) in [6.07, 6.45) is 0.679. The minimum Gasteiger partial charge on any atom is -0.493 e. The molecule has 0 spiro atoms. The quantitative estimate of drug-likeness (QED) is 0.501. The van der Waals surface area contributed by atoms with Crippen LogP contribution in [0.25, 0.3) is 0 Å². The number of hydrogen-bond acceptors (Lipinski definition) is 6. The molecule has 1 amide bonds. The van der Waals surface area contributed by atoms with E-state index < -0.39 is 5.97 Å². The third-order valence-electron chi connectivity index (χ3n) is 3.77. The molecule has 2 aromatic carbocycles. The molecule has 0 fully saturated rings. The van der Waals surface area contributed by atoms with Crippen molar-refractivity contribution in [3.05, 3.63) is 59.7 Å². The first-order valence-corrected chi connectivity index (χ1v) is 8.79. The summed E-state index contributed by atoms with van der Waals surface area (Å²) in [7, 11) is 1.49. The molecule has 0 aliphatic heterocycles. The lowest BCUT2D eigenvalue weighted by atomic mass is 10.2. The second-order valence-corrected chi connectivity index (χ2v) is 5.85. The topological polar surface area (TPSA) is 97.6 Å². The van der Waals surface area contributed by atoms with Gasteiger partial charge in [0.1, 0.15) is 13.2 Å². The van der Waals surface area contributed by atoms with Crippen molar-refractivity contribution >= 4 is 11.9 Å². The molecular formula is C21H22N2O5. The minimum atomic E-state index is -0.490. The molecule has 2 rings (SSSR count). The Hall–Kier alpha value is -3.53. The number of nitrogens with zero attached hydrogens (tertiary/aromatic N) is 1. The zero-order valence-electron chi connectivity index (χ0n) is 15.6. The number of nitriles is 1. The van der Waals surface area contributed by atoms with Crippen molar-refractivity contribution in [1.82, 2.24) is 5.32 Å². The number of esters is 1. The van der Waals surface area contributed by atoms with Crippen LogP contribution in [0.4, 0.5) is 0 Å². The van der Waals surface area contributed by atoms with Crippen LogP contribution >= 0.6 is 0 Å². The molecule has 28 heavy (non-hydrogen) atoms. The van der Waals surface area contributed by atoms with Gasteiger partial charge < -0.3 is 19.5 Å². The van der Waals surface area contributed by atoms with Gasteiger partial charge in [0.25, 0.3) is 0 Å². The van der Waals surface area contributed by atoms with Gasteiger partial charge in [0, 0.05) is 12.5 Å². The molecule has 0 bridgehead atoms. The lowest BCUT2D eigenvalue weighted by molar-refractivity contribution is -0.145. The molecule has 1 N–H and O–H groups in total. The molecule has 7 nitrogen and oxygen atoms in total. The van der Waals surface area contributed by atoms with E-state index >= 15 is 0 Å². The van der Waals surface area contributed by atoms with E-state index in [0.717, 1.165) is 5.56 Å². The van der Waals surface area contributed by atoms with Crippen LogP contribution in [0.3, 0.4) is 0 Å². The molecule has 146 valence electrons. The Labute approximate surface area is 163 Å².